The summed E-state index contributed by atoms with van der Waals surface area (Å²) in [7, 11) is 0. The van der Waals surface area contributed by atoms with Gasteiger partial charge in [-0.25, -0.2) is 5.43 Å². The number of hydrogen-bond acceptors (Lipinski definition) is 9. The zero-order chi connectivity index (χ0) is 23.2. The van der Waals surface area contributed by atoms with Gasteiger partial charge in [-0.15, -0.1) is 0 Å². The number of thioether (sulfide) groups is 1. The van der Waals surface area contributed by atoms with Crippen LogP contribution in [0.4, 0.5) is 5.69 Å². The number of benzene rings is 2. The van der Waals surface area contributed by atoms with Crippen molar-refractivity contribution in [3.63, 3.8) is 0 Å². The van der Waals surface area contributed by atoms with Crippen molar-refractivity contribution >= 4 is 28.5 Å². The molecule has 0 radical (unpaired) electrons. The summed E-state index contributed by atoms with van der Waals surface area (Å²) in [5, 5.41) is 10.4. The summed E-state index contributed by atoms with van der Waals surface area (Å²) in [5.74, 6) is 1.49. The van der Waals surface area contributed by atoms with Crippen molar-refractivity contribution in [2.75, 3.05) is 17.9 Å². The number of fused-ring (bicyclic) bond motifs is 4. The standard InChI is InChI=1S/C24H26N6O3S/c1-14-3-4-16(9-15(14)2)18-11-19-23-26-27-24(29(23)7-8-30(19)28-18)34-12-22(31)25-17-5-6-20-21(10-17)33-13-32-20/h3-10,18-19,23,26,28H,11-13H2,1-2H3,(H,25,31). The van der Waals surface area contributed by atoms with Crippen LogP contribution in [0.25, 0.3) is 0 Å². The van der Waals surface area contributed by atoms with Crippen LogP contribution < -0.4 is 25.6 Å². The summed E-state index contributed by atoms with van der Waals surface area (Å²) in [6.07, 6.45) is 5.05. The molecule has 0 bridgehead atoms. The molecule has 2 aromatic rings. The first-order valence-corrected chi connectivity index (χ1v) is 12.3. The number of ether oxygens (including phenoxy) is 2. The maximum Gasteiger partial charge on any atom is 0.234 e. The molecule has 3 N–H and O–H groups in total. The molecule has 0 aliphatic carbocycles. The van der Waals surface area contributed by atoms with Gasteiger partial charge in [-0.2, -0.15) is 5.10 Å². The predicted molar refractivity (Wildman–Crippen MR) is 131 cm³/mol. The molecular weight excluding hydrogens is 452 g/mol. The van der Waals surface area contributed by atoms with Gasteiger partial charge in [-0.1, -0.05) is 30.0 Å². The average molecular weight is 479 g/mol. The summed E-state index contributed by atoms with van der Waals surface area (Å²) in [6.45, 7) is 4.50. The molecule has 1 amide bonds. The zero-order valence-electron chi connectivity index (χ0n) is 18.9. The van der Waals surface area contributed by atoms with Crippen LogP contribution in [-0.2, 0) is 4.79 Å². The van der Waals surface area contributed by atoms with Gasteiger partial charge in [0.15, 0.2) is 16.7 Å². The lowest BCUT2D eigenvalue weighted by Crippen LogP contribution is -2.54. The Morgan fingerprint density at radius 1 is 1.15 bits per heavy atom. The molecule has 4 aliphatic heterocycles. The zero-order valence-corrected chi connectivity index (χ0v) is 19.8. The predicted octanol–water partition coefficient (Wildman–Crippen LogP) is 3.01. The van der Waals surface area contributed by atoms with Crippen LogP contribution in [-0.4, -0.2) is 45.7 Å². The van der Waals surface area contributed by atoms with Crippen molar-refractivity contribution in [1.29, 1.82) is 0 Å². The van der Waals surface area contributed by atoms with Crippen molar-refractivity contribution < 1.29 is 14.3 Å². The van der Waals surface area contributed by atoms with E-state index in [1.54, 1.807) is 12.1 Å². The van der Waals surface area contributed by atoms with Crippen LogP contribution in [0, 0.1) is 13.8 Å². The number of amidine groups is 1. The van der Waals surface area contributed by atoms with E-state index in [4.69, 9.17) is 9.47 Å². The number of nitrogens with zero attached hydrogens (tertiary/aromatic N) is 3. The minimum Gasteiger partial charge on any atom is -0.454 e. The van der Waals surface area contributed by atoms with E-state index in [1.165, 1.54) is 28.5 Å². The fourth-order valence-electron chi connectivity index (χ4n) is 4.65. The number of nitrogens with one attached hydrogen (secondary N) is 3. The highest BCUT2D eigenvalue weighted by Gasteiger charge is 2.44. The van der Waals surface area contributed by atoms with Gasteiger partial charge in [0.2, 0.25) is 12.7 Å². The molecule has 9 nitrogen and oxygen atoms in total. The number of hydrazone groups is 1. The van der Waals surface area contributed by atoms with Crippen LogP contribution in [0.15, 0.2) is 53.9 Å². The third-order valence-electron chi connectivity index (χ3n) is 6.63. The molecule has 34 heavy (non-hydrogen) atoms. The van der Waals surface area contributed by atoms with Gasteiger partial charge in [0.25, 0.3) is 0 Å². The van der Waals surface area contributed by atoms with E-state index >= 15 is 0 Å². The van der Waals surface area contributed by atoms with E-state index in [0.717, 1.165) is 11.6 Å². The summed E-state index contributed by atoms with van der Waals surface area (Å²) < 4.78 is 10.7. The number of hydrazine groups is 1. The summed E-state index contributed by atoms with van der Waals surface area (Å²) in [5.41, 5.74) is 11.5. The topological polar surface area (TPSA) is 90.5 Å². The molecule has 4 heterocycles. The molecule has 6 rings (SSSR count). The Hall–Kier alpha value is -3.37. The van der Waals surface area contributed by atoms with E-state index < -0.39 is 0 Å². The number of carbonyl (C=O) groups is 1. The lowest BCUT2D eigenvalue weighted by molar-refractivity contribution is -0.113. The number of aryl methyl sites for hydroxylation is 2. The van der Waals surface area contributed by atoms with Crippen LogP contribution in [0.3, 0.4) is 0 Å². The third kappa shape index (κ3) is 3.82. The SMILES string of the molecule is Cc1ccc(C2CC3C4NN=C(SCC(=O)Nc5ccc6c(c5)OCO6)N4C=CN3N2)cc1C. The first-order chi connectivity index (χ1) is 16.5. The van der Waals surface area contributed by atoms with Crippen LogP contribution in [0.1, 0.15) is 29.2 Å². The van der Waals surface area contributed by atoms with E-state index in [0.29, 0.717) is 17.2 Å². The van der Waals surface area contributed by atoms with Crippen LogP contribution in [0.5, 0.6) is 11.5 Å². The normalized spacial score (nSPS) is 23.9. The second-order valence-corrected chi connectivity index (χ2v) is 9.76. The third-order valence-corrected chi connectivity index (χ3v) is 7.59. The van der Waals surface area contributed by atoms with Crippen LogP contribution in [0.2, 0.25) is 0 Å². The first-order valence-electron chi connectivity index (χ1n) is 11.3. The van der Waals surface area contributed by atoms with E-state index in [-0.39, 0.29) is 36.7 Å². The van der Waals surface area contributed by atoms with Crippen molar-refractivity contribution in [2.45, 2.75) is 38.5 Å². The lowest BCUT2D eigenvalue weighted by Gasteiger charge is -2.36. The highest BCUT2D eigenvalue weighted by molar-refractivity contribution is 8.14. The van der Waals surface area contributed by atoms with Gasteiger partial charge < -0.3 is 24.7 Å². The van der Waals surface area contributed by atoms with Crippen LogP contribution >= 0.6 is 11.8 Å². The molecule has 0 spiro atoms. The van der Waals surface area contributed by atoms with Crippen molar-refractivity contribution in [3.05, 3.63) is 65.5 Å². The quantitative estimate of drug-likeness (QED) is 0.618. The Kier molecular flexibility index (Phi) is 5.26. The second-order valence-electron chi connectivity index (χ2n) is 8.81. The number of amides is 1. The minimum atomic E-state index is -0.102. The highest BCUT2D eigenvalue weighted by atomic mass is 32.2. The molecule has 176 valence electrons. The molecule has 3 atom stereocenters. The van der Waals surface area contributed by atoms with Crippen molar-refractivity contribution in [1.82, 2.24) is 20.8 Å². The summed E-state index contributed by atoms with van der Waals surface area (Å²) >= 11 is 1.41. The summed E-state index contributed by atoms with van der Waals surface area (Å²) in [6, 6.07) is 12.5. The fourth-order valence-corrected chi connectivity index (χ4v) is 5.42. The maximum absolute atomic E-state index is 12.5. The number of hydrogen-bond donors (Lipinski definition) is 3. The Morgan fingerprint density at radius 3 is 2.91 bits per heavy atom. The van der Waals surface area contributed by atoms with Gasteiger partial charge in [0, 0.05) is 24.2 Å². The van der Waals surface area contributed by atoms with Gasteiger partial charge in [0.1, 0.15) is 6.17 Å². The molecule has 1 fully saturated rings. The van der Waals surface area contributed by atoms with Crippen molar-refractivity contribution in [2.24, 2.45) is 5.10 Å². The Balaban J connectivity index is 1.06. The fraction of sp³-hybridized carbons (Fsp3) is 0.333. The average Bonchev–Trinajstić information content (AvgIpc) is 3.56. The monoisotopic (exact) mass is 478 g/mol. The largest absolute Gasteiger partial charge is 0.454 e. The molecule has 1 saturated heterocycles. The Labute approximate surface area is 202 Å². The van der Waals surface area contributed by atoms with Gasteiger partial charge in [-0.3, -0.25) is 10.2 Å². The molecule has 2 aromatic carbocycles. The van der Waals surface area contributed by atoms with Crippen molar-refractivity contribution in [3.8, 4) is 11.5 Å². The Morgan fingerprint density at radius 2 is 2.03 bits per heavy atom. The smallest absolute Gasteiger partial charge is 0.234 e. The highest BCUT2D eigenvalue weighted by Crippen LogP contribution is 2.36. The second kappa shape index (κ2) is 8.44. The molecule has 10 heteroatoms. The van der Waals surface area contributed by atoms with E-state index in [1.807, 2.05) is 12.3 Å². The number of anilines is 1. The number of rotatable bonds is 4. The van der Waals surface area contributed by atoms with E-state index in [9.17, 15) is 4.79 Å². The summed E-state index contributed by atoms with van der Waals surface area (Å²) in [4.78, 5) is 14.6. The van der Waals surface area contributed by atoms with Gasteiger partial charge in [-0.05, 0) is 49.1 Å². The molecule has 4 aliphatic rings. The lowest BCUT2D eigenvalue weighted by atomic mass is 9.97. The maximum atomic E-state index is 12.5. The Bertz CT molecular complexity index is 1200. The molecular formula is C24H26N6O3S. The molecule has 3 unspecified atom stereocenters. The van der Waals surface area contributed by atoms with Gasteiger partial charge in [0.05, 0.1) is 17.8 Å². The minimum absolute atomic E-state index is 0.0217. The van der Waals surface area contributed by atoms with Gasteiger partial charge >= 0.3 is 0 Å². The molecule has 0 saturated carbocycles. The number of carbonyl (C=O) groups excluding carboxylic acids is 1. The first kappa shape index (κ1) is 21.2. The van der Waals surface area contributed by atoms with E-state index in [2.05, 4.69) is 69.4 Å². The molecule has 0 aromatic heterocycles.